The first-order valence-corrected chi connectivity index (χ1v) is 6.79. The average Bonchev–Trinajstić information content (AvgIpc) is 2.40. The predicted molar refractivity (Wildman–Crippen MR) is 80.2 cm³/mol. The number of nitrogens with zero attached hydrogens (tertiary/aromatic N) is 3. The molecule has 0 aliphatic rings. The van der Waals surface area contributed by atoms with Gasteiger partial charge in [-0.3, -0.25) is 0 Å². The maximum atomic E-state index is 8.94. The summed E-state index contributed by atoms with van der Waals surface area (Å²) in [5.41, 5.74) is 1.65. The molecule has 0 aliphatic carbocycles. The van der Waals surface area contributed by atoms with Crippen LogP contribution in [-0.2, 0) is 6.54 Å². The second-order valence-electron chi connectivity index (χ2n) is 4.10. The van der Waals surface area contributed by atoms with Gasteiger partial charge < -0.3 is 4.90 Å². The summed E-state index contributed by atoms with van der Waals surface area (Å²) in [6.45, 7) is 0.680. The Morgan fingerprint density at radius 3 is 2.79 bits per heavy atom. The molecule has 0 saturated carbocycles. The van der Waals surface area contributed by atoms with E-state index in [4.69, 9.17) is 16.9 Å². The van der Waals surface area contributed by atoms with Crippen LogP contribution < -0.4 is 4.90 Å². The van der Waals surface area contributed by atoms with Crippen LogP contribution in [-0.4, -0.2) is 12.0 Å². The fourth-order valence-corrected chi connectivity index (χ4v) is 2.32. The molecular formula is C14H11BrClN3. The van der Waals surface area contributed by atoms with Crippen LogP contribution in [0.1, 0.15) is 11.1 Å². The third-order valence-corrected chi connectivity index (χ3v) is 3.63. The Labute approximate surface area is 125 Å². The van der Waals surface area contributed by atoms with E-state index in [1.807, 2.05) is 36.2 Å². The van der Waals surface area contributed by atoms with Crippen molar-refractivity contribution in [3.05, 3.63) is 57.2 Å². The minimum Gasteiger partial charge on any atom is -0.355 e. The number of hydrogen-bond donors (Lipinski definition) is 0. The first kappa shape index (κ1) is 13.9. The fourth-order valence-electron chi connectivity index (χ4n) is 1.71. The summed E-state index contributed by atoms with van der Waals surface area (Å²) in [5, 5.41) is 9.27. The van der Waals surface area contributed by atoms with Crippen LogP contribution in [0.25, 0.3) is 0 Å². The van der Waals surface area contributed by atoms with Crippen LogP contribution >= 0.6 is 27.5 Å². The molecule has 96 valence electrons. The number of nitriles is 1. The molecule has 1 aromatic heterocycles. The molecule has 1 aromatic carbocycles. The van der Waals surface area contributed by atoms with Gasteiger partial charge in [-0.2, -0.15) is 5.26 Å². The van der Waals surface area contributed by atoms with E-state index in [9.17, 15) is 0 Å². The van der Waals surface area contributed by atoms with Gasteiger partial charge in [0.2, 0.25) is 0 Å². The zero-order valence-corrected chi connectivity index (χ0v) is 12.6. The van der Waals surface area contributed by atoms with E-state index in [-0.39, 0.29) is 0 Å². The van der Waals surface area contributed by atoms with E-state index in [0.717, 1.165) is 10.0 Å². The lowest BCUT2D eigenvalue weighted by molar-refractivity contribution is 0.893. The summed E-state index contributed by atoms with van der Waals surface area (Å²) in [7, 11) is 1.92. The zero-order chi connectivity index (χ0) is 13.8. The van der Waals surface area contributed by atoms with Crippen molar-refractivity contribution < 1.29 is 0 Å². The number of halogens is 2. The maximum absolute atomic E-state index is 8.94. The van der Waals surface area contributed by atoms with Gasteiger partial charge in [-0.25, -0.2) is 4.98 Å². The van der Waals surface area contributed by atoms with Crippen molar-refractivity contribution in [1.29, 1.82) is 5.26 Å². The first-order chi connectivity index (χ1) is 9.10. The molecule has 2 rings (SSSR count). The predicted octanol–water partition coefficient (Wildman–Crippen LogP) is 4.01. The molecule has 0 amide bonds. The Hall–Kier alpha value is -1.57. The minimum atomic E-state index is 0.327. The molecule has 0 aliphatic heterocycles. The number of hydrogen-bond acceptors (Lipinski definition) is 3. The van der Waals surface area contributed by atoms with Crippen LogP contribution in [0.5, 0.6) is 0 Å². The molecule has 0 atom stereocenters. The standard InChI is InChI=1S/C14H11BrClN3/c1-19(9-11-4-2-3-5-12(11)15)14-7-10(8-17)6-13(16)18-14/h2-7H,9H2,1H3. The van der Waals surface area contributed by atoms with E-state index in [1.54, 1.807) is 12.1 Å². The van der Waals surface area contributed by atoms with Gasteiger partial charge >= 0.3 is 0 Å². The molecule has 0 unspecified atom stereocenters. The van der Waals surface area contributed by atoms with Crippen LogP contribution in [0, 0.1) is 11.3 Å². The highest BCUT2D eigenvalue weighted by molar-refractivity contribution is 9.10. The summed E-state index contributed by atoms with van der Waals surface area (Å²) >= 11 is 9.42. The van der Waals surface area contributed by atoms with E-state index >= 15 is 0 Å². The minimum absolute atomic E-state index is 0.327. The second kappa shape index (κ2) is 6.05. The Bertz CT molecular complexity index is 637. The van der Waals surface area contributed by atoms with E-state index in [2.05, 4.69) is 27.0 Å². The number of anilines is 1. The van der Waals surface area contributed by atoms with Crippen molar-refractivity contribution in [3.8, 4) is 6.07 Å². The second-order valence-corrected chi connectivity index (χ2v) is 5.34. The molecule has 5 heteroatoms. The average molecular weight is 337 g/mol. The lowest BCUT2D eigenvalue weighted by Crippen LogP contribution is -2.18. The summed E-state index contributed by atoms with van der Waals surface area (Å²) in [6, 6.07) is 13.3. The third kappa shape index (κ3) is 3.46. The van der Waals surface area contributed by atoms with Crippen molar-refractivity contribution >= 4 is 33.3 Å². The summed E-state index contributed by atoms with van der Waals surface area (Å²) in [6.07, 6.45) is 0. The normalized spacial score (nSPS) is 10.0. The Kier molecular flexibility index (Phi) is 4.41. The van der Waals surface area contributed by atoms with Crippen molar-refractivity contribution in [3.63, 3.8) is 0 Å². The zero-order valence-electron chi connectivity index (χ0n) is 10.3. The lowest BCUT2D eigenvalue weighted by Gasteiger charge is -2.19. The molecule has 0 N–H and O–H groups in total. The van der Waals surface area contributed by atoms with Crippen LogP contribution in [0.15, 0.2) is 40.9 Å². The molecule has 3 nitrogen and oxygen atoms in total. The smallest absolute Gasteiger partial charge is 0.132 e. The van der Waals surface area contributed by atoms with Gasteiger partial charge in [-0.1, -0.05) is 45.7 Å². The van der Waals surface area contributed by atoms with Crippen molar-refractivity contribution in [2.75, 3.05) is 11.9 Å². The van der Waals surface area contributed by atoms with Gasteiger partial charge in [0, 0.05) is 18.1 Å². The topological polar surface area (TPSA) is 39.9 Å². The molecule has 0 radical (unpaired) electrons. The highest BCUT2D eigenvalue weighted by Gasteiger charge is 2.08. The highest BCUT2D eigenvalue weighted by Crippen LogP contribution is 2.22. The molecule has 2 aromatic rings. The Morgan fingerprint density at radius 2 is 2.11 bits per heavy atom. The molecule has 0 saturated heterocycles. The Morgan fingerprint density at radius 1 is 1.37 bits per heavy atom. The largest absolute Gasteiger partial charge is 0.355 e. The van der Waals surface area contributed by atoms with Gasteiger partial charge in [0.15, 0.2) is 0 Å². The molecule has 0 bridgehead atoms. The number of pyridine rings is 1. The summed E-state index contributed by atoms with van der Waals surface area (Å²) in [4.78, 5) is 6.18. The van der Waals surface area contributed by atoms with Gasteiger partial charge in [-0.15, -0.1) is 0 Å². The monoisotopic (exact) mass is 335 g/mol. The molecule has 1 heterocycles. The quantitative estimate of drug-likeness (QED) is 0.795. The third-order valence-electron chi connectivity index (χ3n) is 2.67. The SMILES string of the molecule is CN(Cc1ccccc1Br)c1cc(C#N)cc(Cl)n1. The highest BCUT2D eigenvalue weighted by atomic mass is 79.9. The summed E-state index contributed by atoms with van der Waals surface area (Å²) < 4.78 is 1.05. The van der Waals surface area contributed by atoms with E-state index in [0.29, 0.717) is 23.1 Å². The van der Waals surface area contributed by atoms with Crippen LogP contribution in [0.2, 0.25) is 5.15 Å². The fraction of sp³-hybridized carbons (Fsp3) is 0.143. The number of benzene rings is 1. The van der Waals surface area contributed by atoms with Crippen molar-refractivity contribution in [2.24, 2.45) is 0 Å². The number of aromatic nitrogens is 1. The van der Waals surface area contributed by atoms with E-state index < -0.39 is 0 Å². The number of rotatable bonds is 3. The van der Waals surface area contributed by atoms with Gasteiger partial charge in [-0.05, 0) is 23.8 Å². The van der Waals surface area contributed by atoms with Gasteiger partial charge in [0.25, 0.3) is 0 Å². The molecular weight excluding hydrogens is 326 g/mol. The maximum Gasteiger partial charge on any atom is 0.132 e. The van der Waals surface area contributed by atoms with E-state index in [1.165, 1.54) is 0 Å². The first-order valence-electron chi connectivity index (χ1n) is 5.62. The van der Waals surface area contributed by atoms with Crippen LogP contribution in [0.3, 0.4) is 0 Å². The molecule has 0 fully saturated rings. The van der Waals surface area contributed by atoms with Gasteiger partial charge in [0.1, 0.15) is 11.0 Å². The summed E-state index contributed by atoms with van der Waals surface area (Å²) in [5.74, 6) is 0.680. The molecule has 19 heavy (non-hydrogen) atoms. The Balaban J connectivity index is 2.26. The van der Waals surface area contributed by atoms with Crippen LogP contribution in [0.4, 0.5) is 5.82 Å². The van der Waals surface area contributed by atoms with Crippen molar-refractivity contribution in [1.82, 2.24) is 4.98 Å². The van der Waals surface area contributed by atoms with Gasteiger partial charge in [0.05, 0.1) is 11.6 Å². The lowest BCUT2D eigenvalue weighted by atomic mass is 10.2. The van der Waals surface area contributed by atoms with Crippen molar-refractivity contribution in [2.45, 2.75) is 6.54 Å². The molecule has 0 spiro atoms.